The van der Waals surface area contributed by atoms with E-state index in [1.807, 2.05) is 36.7 Å². The van der Waals surface area contributed by atoms with Crippen LogP contribution < -0.4 is 5.73 Å². The van der Waals surface area contributed by atoms with Crippen molar-refractivity contribution in [3.8, 4) is 5.69 Å². The van der Waals surface area contributed by atoms with Crippen molar-refractivity contribution in [3.63, 3.8) is 0 Å². The Bertz CT molecular complexity index is 620. The van der Waals surface area contributed by atoms with Gasteiger partial charge in [-0.1, -0.05) is 36.2 Å². The van der Waals surface area contributed by atoms with Crippen molar-refractivity contribution in [2.24, 2.45) is 5.73 Å². The third kappa shape index (κ3) is 3.00. The summed E-state index contributed by atoms with van der Waals surface area (Å²) in [6.07, 6.45) is 1.72. The Labute approximate surface area is 129 Å². The fraction of sp³-hybridized carbons (Fsp3) is 0.400. The minimum absolute atomic E-state index is 0.127. The zero-order chi connectivity index (χ0) is 14.9. The molecule has 2 N–H and O–H groups in total. The second kappa shape index (κ2) is 6.17. The normalized spacial score (nSPS) is 12.7. The van der Waals surface area contributed by atoms with Crippen molar-refractivity contribution in [3.05, 3.63) is 45.2 Å². The standard InChI is InChI=1S/C15H19Cl2N3/c1-4-13(18)7-11-5-6-12(16)8-14(11)20-10(3)15(17)9(2)19-20/h5-6,8,13H,4,7,18H2,1-3H3. The Balaban J connectivity index is 2.53. The maximum absolute atomic E-state index is 6.23. The first-order chi connectivity index (χ1) is 9.43. The van der Waals surface area contributed by atoms with Crippen LogP contribution in [-0.4, -0.2) is 15.8 Å². The van der Waals surface area contributed by atoms with Gasteiger partial charge in [-0.25, -0.2) is 4.68 Å². The van der Waals surface area contributed by atoms with Crippen LogP contribution in [0.2, 0.25) is 10.0 Å². The molecule has 0 saturated carbocycles. The lowest BCUT2D eigenvalue weighted by Crippen LogP contribution is -2.22. The molecule has 1 heterocycles. The summed E-state index contributed by atoms with van der Waals surface area (Å²) < 4.78 is 1.85. The molecule has 5 heteroatoms. The molecule has 1 aromatic heterocycles. The molecular formula is C15H19Cl2N3. The van der Waals surface area contributed by atoms with E-state index in [9.17, 15) is 0 Å². The van der Waals surface area contributed by atoms with Crippen LogP contribution in [0.5, 0.6) is 0 Å². The zero-order valence-corrected chi connectivity index (χ0v) is 13.5. The van der Waals surface area contributed by atoms with E-state index in [-0.39, 0.29) is 6.04 Å². The summed E-state index contributed by atoms with van der Waals surface area (Å²) in [5.74, 6) is 0. The number of aryl methyl sites for hydroxylation is 1. The molecule has 20 heavy (non-hydrogen) atoms. The van der Waals surface area contributed by atoms with Crippen LogP contribution >= 0.6 is 23.2 Å². The number of rotatable bonds is 4. The molecule has 0 aliphatic carbocycles. The van der Waals surface area contributed by atoms with Gasteiger partial charge in [0.1, 0.15) is 0 Å². The number of nitrogens with two attached hydrogens (primary N) is 1. The molecule has 0 saturated heterocycles. The Morgan fingerprint density at radius 1 is 1.30 bits per heavy atom. The molecule has 2 aromatic rings. The van der Waals surface area contributed by atoms with E-state index in [2.05, 4.69) is 12.0 Å². The molecule has 0 spiro atoms. The first-order valence-electron chi connectivity index (χ1n) is 6.70. The number of hydrogen-bond acceptors (Lipinski definition) is 2. The third-order valence-corrected chi connectivity index (χ3v) is 4.27. The molecular weight excluding hydrogens is 293 g/mol. The van der Waals surface area contributed by atoms with Crippen molar-refractivity contribution < 1.29 is 0 Å². The average Bonchev–Trinajstić information content (AvgIpc) is 2.68. The Morgan fingerprint density at radius 3 is 2.55 bits per heavy atom. The predicted octanol–water partition coefficient (Wildman–Crippen LogP) is 4.08. The predicted molar refractivity (Wildman–Crippen MR) is 85.0 cm³/mol. The SMILES string of the molecule is CCC(N)Cc1ccc(Cl)cc1-n1nc(C)c(Cl)c1C. The highest BCUT2D eigenvalue weighted by molar-refractivity contribution is 6.32. The molecule has 1 atom stereocenters. The molecule has 0 radical (unpaired) electrons. The molecule has 0 fully saturated rings. The Hall–Kier alpha value is -1.03. The van der Waals surface area contributed by atoms with Crippen molar-refractivity contribution in [2.75, 3.05) is 0 Å². The molecule has 1 aromatic carbocycles. The van der Waals surface area contributed by atoms with Crippen LogP contribution in [0.25, 0.3) is 5.69 Å². The first kappa shape index (κ1) is 15.4. The average molecular weight is 312 g/mol. The summed E-state index contributed by atoms with van der Waals surface area (Å²) in [6.45, 7) is 5.93. The Kier molecular flexibility index (Phi) is 4.74. The smallest absolute Gasteiger partial charge is 0.0848 e. The van der Waals surface area contributed by atoms with E-state index in [4.69, 9.17) is 28.9 Å². The molecule has 0 bridgehead atoms. The number of nitrogens with zero attached hydrogens (tertiary/aromatic N) is 2. The van der Waals surface area contributed by atoms with E-state index in [1.165, 1.54) is 0 Å². The summed E-state index contributed by atoms with van der Waals surface area (Å²) in [5, 5.41) is 5.87. The van der Waals surface area contributed by atoms with E-state index in [0.717, 1.165) is 35.5 Å². The number of hydrogen-bond donors (Lipinski definition) is 1. The van der Waals surface area contributed by atoms with Gasteiger partial charge in [0, 0.05) is 11.1 Å². The lowest BCUT2D eigenvalue weighted by Gasteiger charge is -2.15. The summed E-state index contributed by atoms with van der Waals surface area (Å²) in [7, 11) is 0. The second-order valence-electron chi connectivity index (χ2n) is 5.04. The lowest BCUT2D eigenvalue weighted by atomic mass is 10.0. The van der Waals surface area contributed by atoms with Gasteiger partial charge in [-0.2, -0.15) is 5.10 Å². The summed E-state index contributed by atoms with van der Waals surface area (Å²) in [5.41, 5.74) is 9.89. The molecule has 2 rings (SSSR count). The molecule has 0 aliphatic rings. The number of halogens is 2. The van der Waals surface area contributed by atoms with Gasteiger partial charge in [0.05, 0.1) is 22.1 Å². The minimum atomic E-state index is 0.127. The molecule has 3 nitrogen and oxygen atoms in total. The van der Waals surface area contributed by atoms with Crippen LogP contribution in [0.15, 0.2) is 18.2 Å². The minimum Gasteiger partial charge on any atom is -0.327 e. The van der Waals surface area contributed by atoms with Crippen LogP contribution in [0.1, 0.15) is 30.3 Å². The highest BCUT2D eigenvalue weighted by Crippen LogP contribution is 2.27. The molecule has 0 amide bonds. The monoisotopic (exact) mass is 311 g/mol. The van der Waals surface area contributed by atoms with Gasteiger partial charge < -0.3 is 5.73 Å². The van der Waals surface area contributed by atoms with Gasteiger partial charge in [0.25, 0.3) is 0 Å². The Morgan fingerprint density at radius 2 is 2.00 bits per heavy atom. The summed E-state index contributed by atoms with van der Waals surface area (Å²) in [6, 6.07) is 5.94. The van der Waals surface area contributed by atoms with Gasteiger partial charge in [-0.05, 0) is 44.4 Å². The molecule has 0 aliphatic heterocycles. The maximum Gasteiger partial charge on any atom is 0.0848 e. The van der Waals surface area contributed by atoms with E-state index in [1.54, 1.807) is 0 Å². The van der Waals surface area contributed by atoms with E-state index in [0.29, 0.717) is 10.0 Å². The van der Waals surface area contributed by atoms with Gasteiger partial charge >= 0.3 is 0 Å². The van der Waals surface area contributed by atoms with Crippen LogP contribution in [-0.2, 0) is 6.42 Å². The van der Waals surface area contributed by atoms with Crippen molar-refractivity contribution in [1.29, 1.82) is 0 Å². The van der Waals surface area contributed by atoms with Gasteiger partial charge in [-0.3, -0.25) is 0 Å². The summed E-state index contributed by atoms with van der Waals surface area (Å²) >= 11 is 12.4. The quantitative estimate of drug-likeness (QED) is 0.924. The summed E-state index contributed by atoms with van der Waals surface area (Å²) in [4.78, 5) is 0. The van der Waals surface area contributed by atoms with E-state index < -0.39 is 0 Å². The number of aromatic nitrogens is 2. The number of benzene rings is 1. The van der Waals surface area contributed by atoms with Gasteiger partial charge in [0.2, 0.25) is 0 Å². The van der Waals surface area contributed by atoms with Crippen molar-refractivity contribution in [1.82, 2.24) is 9.78 Å². The van der Waals surface area contributed by atoms with Crippen LogP contribution in [0.4, 0.5) is 0 Å². The van der Waals surface area contributed by atoms with Crippen molar-refractivity contribution in [2.45, 2.75) is 39.7 Å². The van der Waals surface area contributed by atoms with Gasteiger partial charge in [0.15, 0.2) is 0 Å². The molecule has 1 unspecified atom stereocenters. The first-order valence-corrected chi connectivity index (χ1v) is 7.45. The van der Waals surface area contributed by atoms with Crippen LogP contribution in [0, 0.1) is 13.8 Å². The fourth-order valence-corrected chi connectivity index (χ4v) is 2.48. The lowest BCUT2D eigenvalue weighted by molar-refractivity contribution is 0.641. The fourth-order valence-electron chi connectivity index (χ4n) is 2.19. The topological polar surface area (TPSA) is 43.8 Å². The second-order valence-corrected chi connectivity index (χ2v) is 5.86. The third-order valence-electron chi connectivity index (χ3n) is 3.49. The largest absolute Gasteiger partial charge is 0.327 e. The zero-order valence-electron chi connectivity index (χ0n) is 12.0. The highest BCUT2D eigenvalue weighted by atomic mass is 35.5. The highest BCUT2D eigenvalue weighted by Gasteiger charge is 2.15. The van der Waals surface area contributed by atoms with E-state index >= 15 is 0 Å². The maximum atomic E-state index is 6.23. The van der Waals surface area contributed by atoms with Crippen molar-refractivity contribution >= 4 is 23.2 Å². The van der Waals surface area contributed by atoms with Crippen LogP contribution in [0.3, 0.4) is 0 Å². The molecule has 108 valence electrons. The van der Waals surface area contributed by atoms with Gasteiger partial charge in [-0.15, -0.1) is 0 Å².